The highest BCUT2D eigenvalue weighted by atomic mass is 16.6. The first-order valence-electron chi connectivity index (χ1n) is 7.60. The smallest absolute Gasteiger partial charge is 0.330 e. The molecule has 1 unspecified atom stereocenters. The number of hydrogen-bond donors (Lipinski definition) is 2. The molecule has 4 bridgehead atoms. The number of esters is 1. The van der Waals surface area contributed by atoms with Crippen LogP contribution in [-0.4, -0.2) is 34.5 Å². The SMILES string of the molecule is C=CC(=O)OC12CC3CC(CC(C3)C1)C2.CC(O)CO. The summed E-state index contributed by atoms with van der Waals surface area (Å²) < 4.78 is 5.64. The van der Waals surface area contributed by atoms with Crippen LogP contribution < -0.4 is 0 Å². The molecular weight excluding hydrogens is 256 g/mol. The summed E-state index contributed by atoms with van der Waals surface area (Å²) in [5, 5.41) is 16.0. The fourth-order valence-corrected chi connectivity index (χ4v) is 4.41. The van der Waals surface area contributed by atoms with E-state index >= 15 is 0 Å². The Morgan fingerprint density at radius 1 is 1.30 bits per heavy atom. The summed E-state index contributed by atoms with van der Waals surface area (Å²) >= 11 is 0. The molecule has 1 atom stereocenters. The second-order valence-corrected chi connectivity index (χ2v) is 6.76. The minimum Gasteiger partial charge on any atom is -0.456 e. The number of hydrogen-bond acceptors (Lipinski definition) is 4. The molecule has 4 saturated carbocycles. The van der Waals surface area contributed by atoms with Gasteiger partial charge in [-0.1, -0.05) is 6.58 Å². The van der Waals surface area contributed by atoms with Crippen LogP contribution in [-0.2, 0) is 9.53 Å². The molecule has 4 rings (SSSR count). The molecule has 0 aromatic rings. The van der Waals surface area contributed by atoms with Crippen molar-refractivity contribution in [3.8, 4) is 0 Å². The van der Waals surface area contributed by atoms with Gasteiger partial charge in [-0.2, -0.15) is 0 Å². The van der Waals surface area contributed by atoms with E-state index in [9.17, 15) is 4.79 Å². The maximum atomic E-state index is 11.4. The van der Waals surface area contributed by atoms with Gasteiger partial charge in [-0.25, -0.2) is 4.79 Å². The van der Waals surface area contributed by atoms with Crippen molar-refractivity contribution in [2.24, 2.45) is 17.8 Å². The summed E-state index contributed by atoms with van der Waals surface area (Å²) in [6.45, 7) is 4.87. The molecule has 0 aromatic heterocycles. The predicted molar refractivity (Wildman–Crippen MR) is 76.0 cm³/mol. The number of aliphatic hydroxyl groups is 2. The lowest BCUT2D eigenvalue weighted by Crippen LogP contribution is -2.52. The summed E-state index contributed by atoms with van der Waals surface area (Å²) in [5.74, 6) is 2.26. The largest absolute Gasteiger partial charge is 0.456 e. The van der Waals surface area contributed by atoms with Crippen LogP contribution in [0.25, 0.3) is 0 Å². The maximum Gasteiger partial charge on any atom is 0.330 e. The third-order valence-electron chi connectivity index (χ3n) is 4.73. The van der Waals surface area contributed by atoms with Crippen molar-refractivity contribution in [3.63, 3.8) is 0 Å². The Labute approximate surface area is 120 Å². The molecule has 4 heteroatoms. The zero-order valence-corrected chi connectivity index (χ0v) is 12.3. The molecule has 0 heterocycles. The summed E-state index contributed by atoms with van der Waals surface area (Å²) in [6.07, 6.45) is 8.21. The third-order valence-corrected chi connectivity index (χ3v) is 4.73. The highest BCUT2D eigenvalue weighted by molar-refractivity contribution is 5.81. The molecule has 114 valence electrons. The van der Waals surface area contributed by atoms with E-state index in [0.29, 0.717) is 0 Å². The van der Waals surface area contributed by atoms with Crippen molar-refractivity contribution in [1.29, 1.82) is 0 Å². The van der Waals surface area contributed by atoms with Crippen molar-refractivity contribution in [3.05, 3.63) is 12.7 Å². The molecule has 4 fully saturated rings. The van der Waals surface area contributed by atoms with Gasteiger partial charge in [0.25, 0.3) is 0 Å². The van der Waals surface area contributed by atoms with Crippen LogP contribution in [0.1, 0.15) is 45.4 Å². The molecular formula is C16H26O4. The maximum absolute atomic E-state index is 11.4. The van der Waals surface area contributed by atoms with Gasteiger partial charge < -0.3 is 14.9 Å². The van der Waals surface area contributed by atoms with E-state index in [-0.39, 0.29) is 18.2 Å². The Morgan fingerprint density at radius 2 is 1.70 bits per heavy atom. The lowest BCUT2D eigenvalue weighted by Gasteiger charge is -2.55. The fraction of sp³-hybridized carbons (Fsp3) is 0.812. The Kier molecular flexibility index (Phi) is 4.86. The molecule has 0 amide bonds. The number of carbonyl (C=O) groups excluding carboxylic acids is 1. The lowest BCUT2D eigenvalue weighted by atomic mass is 9.54. The van der Waals surface area contributed by atoms with Gasteiger partial charge in [-0.05, 0) is 63.2 Å². The number of aliphatic hydroxyl groups excluding tert-OH is 2. The van der Waals surface area contributed by atoms with Crippen LogP contribution in [0.15, 0.2) is 12.7 Å². The first kappa shape index (κ1) is 15.5. The van der Waals surface area contributed by atoms with E-state index in [1.807, 2.05) is 0 Å². The summed E-state index contributed by atoms with van der Waals surface area (Å²) in [5.41, 5.74) is -0.0972. The highest BCUT2D eigenvalue weighted by Gasteiger charge is 2.52. The molecule has 0 aromatic carbocycles. The summed E-state index contributed by atoms with van der Waals surface area (Å²) in [4.78, 5) is 11.4. The van der Waals surface area contributed by atoms with Gasteiger partial charge in [-0.15, -0.1) is 0 Å². The molecule has 0 spiro atoms. The molecule has 4 aliphatic rings. The van der Waals surface area contributed by atoms with Crippen LogP contribution >= 0.6 is 0 Å². The Morgan fingerprint density at radius 3 is 2.00 bits per heavy atom. The van der Waals surface area contributed by atoms with E-state index in [0.717, 1.165) is 37.0 Å². The number of rotatable bonds is 3. The Hall–Kier alpha value is -0.870. The zero-order chi connectivity index (χ0) is 14.8. The second kappa shape index (κ2) is 6.27. The number of carbonyl (C=O) groups is 1. The van der Waals surface area contributed by atoms with E-state index in [1.165, 1.54) is 32.3 Å². The van der Waals surface area contributed by atoms with Crippen LogP contribution in [0.3, 0.4) is 0 Å². The lowest BCUT2D eigenvalue weighted by molar-refractivity contribution is -0.181. The average Bonchev–Trinajstić information content (AvgIpc) is 2.37. The van der Waals surface area contributed by atoms with Gasteiger partial charge in [0.05, 0.1) is 12.7 Å². The molecule has 0 radical (unpaired) electrons. The van der Waals surface area contributed by atoms with E-state index in [2.05, 4.69) is 6.58 Å². The van der Waals surface area contributed by atoms with Gasteiger partial charge in [0, 0.05) is 6.08 Å². The molecule has 4 aliphatic carbocycles. The van der Waals surface area contributed by atoms with Crippen LogP contribution in [0, 0.1) is 17.8 Å². The zero-order valence-electron chi connectivity index (χ0n) is 12.3. The van der Waals surface area contributed by atoms with Crippen molar-refractivity contribution in [2.75, 3.05) is 6.61 Å². The predicted octanol–water partition coefficient (Wildman–Crippen LogP) is 2.04. The van der Waals surface area contributed by atoms with E-state index < -0.39 is 6.10 Å². The standard InChI is InChI=1S/C13H18O2.C3H8O2/c1-2-12(14)15-13-6-9-3-10(7-13)5-11(4-9)8-13;1-3(5)2-4/h2,9-11H,1,3-8H2;3-5H,2H2,1H3. The monoisotopic (exact) mass is 282 g/mol. The van der Waals surface area contributed by atoms with Crippen molar-refractivity contribution in [2.45, 2.75) is 57.2 Å². The van der Waals surface area contributed by atoms with Gasteiger partial charge in [0.2, 0.25) is 0 Å². The van der Waals surface area contributed by atoms with Crippen LogP contribution in [0.4, 0.5) is 0 Å². The van der Waals surface area contributed by atoms with E-state index in [4.69, 9.17) is 14.9 Å². The topological polar surface area (TPSA) is 66.8 Å². The summed E-state index contributed by atoms with van der Waals surface area (Å²) in [7, 11) is 0. The second-order valence-electron chi connectivity index (χ2n) is 6.76. The van der Waals surface area contributed by atoms with Gasteiger partial charge in [0.1, 0.15) is 5.60 Å². The Balaban J connectivity index is 0.000000257. The van der Waals surface area contributed by atoms with Crippen molar-refractivity contribution < 1.29 is 19.7 Å². The molecule has 0 saturated heterocycles. The minimum atomic E-state index is -0.560. The fourth-order valence-electron chi connectivity index (χ4n) is 4.41. The van der Waals surface area contributed by atoms with Crippen LogP contribution in [0.5, 0.6) is 0 Å². The number of ether oxygens (including phenoxy) is 1. The molecule has 0 aliphatic heterocycles. The quantitative estimate of drug-likeness (QED) is 0.614. The third kappa shape index (κ3) is 3.61. The van der Waals surface area contributed by atoms with Crippen molar-refractivity contribution in [1.82, 2.24) is 0 Å². The van der Waals surface area contributed by atoms with Gasteiger partial charge >= 0.3 is 5.97 Å². The van der Waals surface area contributed by atoms with E-state index in [1.54, 1.807) is 0 Å². The normalized spacial score (nSPS) is 38.6. The highest BCUT2D eigenvalue weighted by Crippen LogP contribution is 2.57. The molecule has 20 heavy (non-hydrogen) atoms. The molecule has 2 N–H and O–H groups in total. The summed E-state index contributed by atoms with van der Waals surface area (Å²) in [6, 6.07) is 0. The first-order valence-corrected chi connectivity index (χ1v) is 7.60. The average molecular weight is 282 g/mol. The van der Waals surface area contributed by atoms with Crippen LogP contribution in [0.2, 0.25) is 0 Å². The van der Waals surface area contributed by atoms with Gasteiger partial charge in [-0.3, -0.25) is 0 Å². The molecule has 4 nitrogen and oxygen atoms in total. The van der Waals surface area contributed by atoms with Crippen molar-refractivity contribution >= 4 is 5.97 Å². The first-order chi connectivity index (χ1) is 9.46. The minimum absolute atomic E-state index is 0.0972. The van der Waals surface area contributed by atoms with Gasteiger partial charge in [0.15, 0.2) is 0 Å². The Bertz CT molecular complexity index is 326.